The smallest absolute Gasteiger partial charge is 0.238 e. The maximum absolute atomic E-state index is 11.8. The van der Waals surface area contributed by atoms with Crippen LogP contribution in [0.5, 0.6) is 0 Å². The van der Waals surface area contributed by atoms with Crippen LogP contribution >= 0.6 is 0 Å². The number of hydrogen-bond donors (Lipinski definition) is 2. The lowest BCUT2D eigenvalue weighted by molar-refractivity contribution is -0.124. The van der Waals surface area contributed by atoms with E-state index in [9.17, 15) is 4.79 Å². The Morgan fingerprint density at radius 1 is 1.58 bits per heavy atom. The first-order valence-electron chi connectivity index (χ1n) is 6.73. The number of rotatable bonds is 5. The Balaban J connectivity index is 1.67. The van der Waals surface area contributed by atoms with E-state index in [-0.39, 0.29) is 5.91 Å². The molecular formula is C12H20N6O. The van der Waals surface area contributed by atoms with Crippen LogP contribution in [0.25, 0.3) is 0 Å². The first-order valence-corrected chi connectivity index (χ1v) is 6.73. The van der Waals surface area contributed by atoms with E-state index in [4.69, 9.17) is 5.73 Å². The maximum Gasteiger partial charge on any atom is 0.238 e. The Bertz CT molecular complexity index is 482. The normalized spacial score (nSPS) is 22.8. The van der Waals surface area contributed by atoms with Crippen molar-refractivity contribution in [3.05, 3.63) is 12.2 Å². The van der Waals surface area contributed by atoms with Gasteiger partial charge in [0, 0.05) is 25.7 Å². The Morgan fingerprint density at radius 3 is 3.05 bits per heavy atom. The zero-order valence-electron chi connectivity index (χ0n) is 11.2. The molecule has 104 valence electrons. The highest BCUT2D eigenvalue weighted by atomic mass is 16.1. The molecule has 2 heterocycles. The highest BCUT2D eigenvalue weighted by Crippen LogP contribution is 2.23. The van der Waals surface area contributed by atoms with Crippen molar-refractivity contribution in [2.24, 2.45) is 5.73 Å². The van der Waals surface area contributed by atoms with Crippen molar-refractivity contribution in [3.63, 3.8) is 0 Å². The summed E-state index contributed by atoms with van der Waals surface area (Å²) in [5, 5.41) is 11.4. The molecule has 1 atom stereocenters. The summed E-state index contributed by atoms with van der Waals surface area (Å²) in [6, 6.07) is 0.450. The summed E-state index contributed by atoms with van der Waals surface area (Å²) in [6.45, 7) is 4.98. The molecule has 0 bridgehead atoms. The van der Waals surface area contributed by atoms with Crippen molar-refractivity contribution < 1.29 is 4.79 Å². The third kappa shape index (κ3) is 2.62. The standard InChI is InChI=1S/C12H20N6O/c1-12(11(13)19,15-9-2-3-9)7-17-4-5-18-8-14-16-10(18)6-17/h8-9,15H,2-7H2,1H3,(H2,13,19). The number of amides is 1. The number of primary amides is 1. The molecule has 3 rings (SSSR count). The second kappa shape index (κ2) is 4.57. The summed E-state index contributed by atoms with van der Waals surface area (Å²) in [5.41, 5.74) is 4.91. The molecule has 1 unspecified atom stereocenters. The van der Waals surface area contributed by atoms with Gasteiger partial charge in [0.25, 0.3) is 0 Å². The molecule has 1 amide bonds. The molecule has 0 radical (unpaired) electrons. The molecule has 0 saturated heterocycles. The summed E-state index contributed by atoms with van der Waals surface area (Å²) >= 11 is 0. The van der Waals surface area contributed by atoms with Crippen LogP contribution in [0.15, 0.2) is 6.33 Å². The summed E-state index contributed by atoms with van der Waals surface area (Å²) in [6.07, 6.45) is 4.02. The third-order valence-electron chi connectivity index (χ3n) is 3.90. The lowest BCUT2D eigenvalue weighted by Crippen LogP contribution is -2.60. The fourth-order valence-corrected chi connectivity index (χ4v) is 2.57. The molecule has 2 aliphatic rings. The zero-order valence-corrected chi connectivity index (χ0v) is 11.2. The third-order valence-corrected chi connectivity index (χ3v) is 3.90. The van der Waals surface area contributed by atoms with Crippen molar-refractivity contribution in [2.45, 2.75) is 44.4 Å². The van der Waals surface area contributed by atoms with Gasteiger partial charge < -0.3 is 10.3 Å². The monoisotopic (exact) mass is 264 g/mol. The number of carbonyl (C=O) groups is 1. The molecule has 1 aromatic rings. The minimum Gasteiger partial charge on any atom is -0.368 e. The number of hydrogen-bond acceptors (Lipinski definition) is 5. The van der Waals surface area contributed by atoms with E-state index in [0.717, 1.165) is 38.3 Å². The molecular weight excluding hydrogens is 244 g/mol. The first-order chi connectivity index (χ1) is 9.07. The molecule has 0 spiro atoms. The van der Waals surface area contributed by atoms with Crippen LogP contribution in [0.1, 0.15) is 25.6 Å². The fraction of sp³-hybridized carbons (Fsp3) is 0.750. The van der Waals surface area contributed by atoms with E-state index in [1.807, 2.05) is 11.5 Å². The van der Waals surface area contributed by atoms with Gasteiger partial charge in [-0.1, -0.05) is 0 Å². The Kier molecular flexibility index (Phi) is 3.02. The van der Waals surface area contributed by atoms with Crippen LogP contribution in [0.2, 0.25) is 0 Å². The molecule has 0 aromatic carbocycles. The lowest BCUT2D eigenvalue weighted by atomic mass is 10.00. The van der Waals surface area contributed by atoms with Crippen LogP contribution in [0, 0.1) is 0 Å². The van der Waals surface area contributed by atoms with Gasteiger partial charge in [-0.3, -0.25) is 15.0 Å². The van der Waals surface area contributed by atoms with Gasteiger partial charge in [0.05, 0.1) is 6.54 Å². The SMILES string of the molecule is CC(CN1CCn2cnnc2C1)(NC1CC1)C(N)=O. The van der Waals surface area contributed by atoms with E-state index in [2.05, 4.69) is 20.4 Å². The predicted molar refractivity (Wildman–Crippen MR) is 69.1 cm³/mol. The number of carbonyl (C=O) groups excluding carboxylic acids is 1. The molecule has 1 saturated carbocycles. The van der Waals surface area contributed by atoms with Gasteiger partial charge in [0.2, 0.25) is 5.91 Å². The average molecular weight is 264 g/mol. The van der Waals surface area contributed by atoms with Crippen molar-refractivity contribution in [1.82, 2.24) is 25.0 Å². The van der Waals surface area contributed by atoms with Crippen LogP contribution in [0.3, 0.4) is 0 Å². The summed E-state index contributed by atoms with van der Waals surface area (Å²) < 4.78 is 2.05. The summed E-state index contributed by atoms with van der Waals surface area (Å²) in [7, 11) is 0. The van der Waals surface area contributed by atoms with Crippen molar-refractivity contribution >= 4 is 5.91 Å². The minimum atomic E-state index is -0.663. The average Bonchev–Trinajstić information content (AvgIpc) is 3.04. The van der Waals surface area contributed by atoms with Gasteiger partial charge in [0.1, 0.15) is 17.7 Å². The topological polar surface area (TPSA) is 89.1 Å². The molecule has 7 nitrogen and oxygen atoms in total. The number of nitrogens with two attached hydrogens (primary N) is 1. The quantitative estimate of drug-likeness (QED) is 0.718. The Morgan fingerprint density at radius 2 is 2.37 bits per heavy atom. The summed E-state index contributed by atoms with van der Waals surface area (Å²) in [5.74, 6) is 0.663. The highest BCUT2D eigenvalue weighted by molar-refractivity contribution is 5.84. The van der Waals surface area contributed by atoms with Gasteiger partial charge in [-0.15, -0.1) is 10.2 Å². The van der Waals surface area contributed by atoms with Gasteiger partial charge in [0.15, 0.2) is 0 Å². The maximum atomic E-state index is 11.8. The number of fused-ring (bicyclic) bond motifs is 1. The molecule has 19 heavy (non-hydrogen) atoms. The van der Waals surface area contributed by atoms with Crippen LogP contribution in [-0.4, -0.2) is 50.2 Å². The highest BCUT2D eigenvalue weighted by Gasteiger charge is 2.39. The molecule has 3 N–H and O–H groups in total. The number of nitrogens with zero attached hydrogens (tertiary/aromatic N) is 4. The van der Waals surface area contributed by atoms with Crippen LogP contribution in [0.4, 0.5) is 0 Å². The van der Waals surface area contributed by atoms with Gasteiger partial charge in [-0.2, -0.15) is 0 Å². The molecule has 1 aliphatic heterocycles. The number of nitrogens with one attached hydrogen (secondary N) is 1. The second-order valence-corrected chi connectivity index (χ2v) is 5.77. The second-order valence-electron chi connectivity index (χ2n) is 5.77. The predicted octanol–water partition coefficient (Wildman–Crippen LogP) is -0.910. The lowest BCUT2D eigenvalue weighted by Gasteiger charge is -2.35. The van der Waals surface area contributed by atoms with E-state index >= 15 is 0 Å². The summed E-state index contributed by atoms with van der Waals surface area (Å²) in [4.78, 5) is 14.0. The Labute approximate surface area is 112 Å². The van der Waals surface area contributed by atoms with E-state index in [1.54, 1.807) is 6.33 Å². The largest absolute Gasteiger partial charge is 0.368 e. The van der Waals surface area contributed by atoms with Crippen molar-refractivity contribution in [2.75, 3.05) is 13.1 Å². The Hall–Kier alpha value is -1.47. The van der Waals surface area contributed by atoms with Gasteiger partial charge >= 0.3 is 0 Å². The molecule has 1 aliphatic carbocycles. The van der Waals surface area contributed by atoms with E-state index in [0.29, 0.717) is 12.6 Å². The zero-order chi connectivity index (χ0) is 13.5. The first kappa shape index (κ1) is 12.6. The van der Waals surface area contributed by atoms with E-state index in [1.165, 1.54) is 0 Å². The van der Waals surface area contributed by atoms with Crippen LogP contribution < -0.4 is 11.1 Å². The van der Waals surface area contributed by atoms with E-state index < -0.39 is 5.54 Å². The molecule has 1 fully saturated rings. The van der Waals surface area contributed by atoms with Crippen LogP contribution in [-0.2, 0) is 17.9 Å². The number of aromatic nitrogens is 3. The van der Waals surface area contributed by atoms with Gasteiger partial charge in [-0.25, -0.2) is 0 Å². The minimum absolute atomic E-state index is 0.286. The van der Waals surface area contributed by atoms with Gasteiger partial charge in [-0.05, 0) is 19.8 Å². The van der Waals surface area contributed by atoms with Crippen molar-refractivity contribution in [1.29, 1.82) is 0 Å². The van der Waals surface area contributed by atoms with Crippen molar-refractivity contribution in [3.8, 4) is 0 Å². The fourth-order valence-electron chi connectivity index (χ4n) is 2.57. The molecule has 1 aromatic heterocycles. The molecule has 7 heteroatoms.